The van der Waals surface area contributed by atoms with E-state index in [1.165, 1.54) is 11.1 Å². The van der Waals surface area contributed by atoms with Gasteiger partial charge in [-0.1, -0.05) is 80.2 Å². The Labute approximate surface area is 369 Å². The van der Waals surface area contributed by atoms with Crippen molar-refractivity contribution < 1.29 is 23.7 Å². The number of ether oxygens (including phenoxy) is 4. The summed E-state index contributed by atoms with van der Waals surface area (Å²) in [6.45, 7) is 6.67. The maximum absolute atomic E-state index is 10.4. The van der Waals surface area contributed by atoms with Crippen LogP contribution in [0.3, 0.4) is 0 Å². The Kier molecular flexibility index (Phi) is 19.5. The minimum atomic E-state index is 0. The minimum Gasteiger partial charge on any atom is -0.490 e. The standard InChI is InChI=1S/C26H30N2O2.C13H20N2O.C13H10O2.CH4/c1-28-16-14-25(15-17-28)30-26-9-5-6-22(18-26)20-27-19-21-10-12-24(13-11-21)29-23-7-3-2-4-8-23;1-15-7-5-12(6-8-15)16-13-4-2-3-11(9-13)10-14;14-10-11-6-8-13(9-7-11)15-12-4-2-1-3-5-12;/h2-13,18,25,27H,14-17,19-20H2,1H3;2-4,9,12H,5-8,10,14H2,1H3;1-10H;1H4. The molecule has 2 aliphatic rings. The van der Waals surface area contributed by atoms with E-state index in [-0.39, 0.29) is 7.43 Å². The Balaban J connectivity index is 0.000000192. The Morgan fingerprint density at radius 2 is 0.919 bits per heavy atom. The number of carbonyl (C=O) groups excluding carboxylic acids is 1. The number of benzene rings is 6. The molecule has 2 saturated heterocycles. The molecule has 0 unspecified atom stereocenters. The quantitative estimate of drug-likeness (QED) is 0.104. The van der Waals surface area contributed by atoms with Crippen molar-refractivity contribution in [1.82, 2.24) is 15.1 Å². The zero-order valence-corrected chi connectivity index (χ0v) is 35.5. The third-order valence-electron chi connectivity index (χ3n) is 10.5. The number of aldehydes is 1. The lowest BCUT2D eigenvalue weighted by Gasteiger charge is -2.29. The summed E-state index contributed by atoms with van der Waals surface area (Å²) in [5, 5.41) is 3.52. The van der Waals surface area contributed by atoms with Gasteiger partial charge in [0.25, 0.3) is 0 Å². The van der Waals surface area contributed by atoms with Gasteiger partial charge in [-0.25, -0.2) is 0 Å². The van der Waals surface area contributed by atoms with E-state index in [1.807, 2.05) is 97.1 Å². The number of carbonyl (C=O) groups is 1. The molecule has 62 heavy (non-hydrogen) atoms. The molecule has 9 nitrogen and oxygen atoms in total. The highest BCUT2D eigenvalue weighted by molar-refractivity contribution is 5.74. The molecule has 0 radical (unpaired) electrons. The van der Waals surface area contributed by atoms with Crippen molar-refractivity contribution in [2.75, 3.05) is 40.3 Å². The van der Waals surface area contributed by atoms with Crippen LogP contribution in [0.1, 0.15) is 60.2 Å². The van der Waals surface area contributed by atoms with Crippen LogP contribution >= 0.6 is 0 Å². The van der Waals surface area contributed by atoms with E-state index < -0.39 is 0 Å². The molecule has 0 spiro atoms. The van der Waals surface area contributed by atoms with Crippen molar-refractivity contribution in [2.24, 2.45) is 5.73 Å². The summed E-state index contributed by atoms with van der Waals surface area (Å²) in [5.41, 5.74) is 9.86. The summed E-state index contributed by atoms with van der Waals surface area (Å²) < 4.78 is 23.6. The van der Waals surface area contributed by atoms with Gasteiger partial charge in [0.15, 0.2) is 0 Å². The highest BCUT2D eigenvalue weighted by Gasteiger charge is 2.19. The zero-order valence-electron chi connectivity index (χ0n) is 35.5. The first-order chi connectivity index (χ1) is 29.9. The van der Waals surface area contributed by atoms with Gasteiger partial charge in [-0.2, -0.15) is 0 Å². The van der Waals surface area contributed by atoms with Gasteiger partial charge in [-0.05, 0) is 141 Å². The summed E-state index contributed by atoms with van der Waals surface area (Å²) in [4.78, 5) is 15.1. The molecule has 2 aliphatic heterocycles. The van der Waals surface area contributed by atoms with E-state index in [2.05, 4.69) is 65.6 Å². The van der Waals surface area contributed by atoms with Gasteiger partial charge < -0.3 is 39.8 Å². The summed E-state index contributed by atoms with van der Waals surface area (Å²) in [6, 6.07) is 51.1. The first-order valence-corrected chi connectivity index (χ1v) is 21.3. The first-order valence-electron chi connectivity index (χ1n) is 21.3. The second-order valence-electron chi connectivity index (χ2n) is 15.5. The lowest BCUT2D eigenvalue weighted by molar-refractivity contribution is 0.112. The summed E-state index contributed by atoms with van der Waals surface area (Å²) >= 11 is 0. The molecule has 0 amide bonds. The third-order valence-corrected chi connectivity index (χ3v) is 10.5. The molecular weight excluding hydrogens is 773 g/mol. The van der Waals surface area contributed by atoms with Crippen LogP contribution in [0.2, 0.25) is 0 Å². The molecule has 0 aliphatic carbocycles. The number of rotatable bonds is 14. The van der Waals surface area contributed by atoms with Gasteiger partial charge in [0.1, 0.15) is 53.0 Å². The number of hydrogen-bond acceptors (Lipinski definition) is 9. The molecule has 2 heterocycles. The molecule has 6 aromatic carbocycles. The Bertz CT molecular complexity index is 2140. The second kappa shape index (κ2) is 25.7. The average Bonchev–Trinajstić information content (AvgIpc) is 3.30. The maximum atomic E-state index is 10.4. The maximum Gasteiger partial charge on any atom is 0.150 e. The van der Waals surface area contributed by atoms with Crippen molar-refractivity contribution >= 4 is 6.29 Å². The molecule has 6 aromatic rings. The molecule has 326 valence electrons. The van der Waals surface area contributed by atoms with E-state index in [0.29, 0.717) is 24.3 Å². The van der Waals surface area contributed by atoms with Crippen molar-refractivity contribution in [1.29, 1.82) is 0 Å². The lowest BCUT2D eigenvalue weighted by atomic mass is 10.1. The fourth-order valence-electron chi connectivity index (χ4n) is 6.96. The Morgan fingerprint density at radius 1 is 0.516 bits per heavy atom. The summed E-state index contributed by atoms with van der Waals surface area (Å²) in [6.07, 6.45) is 5.94. The topological polar surface area (TPSA) is 98.5 Å². The number of piperidine rings is 2. The van der Waals surface area contributed by atoms with Crippen molar-refractivity contribution in [3.8, 4) is 34.5 Å². The molecule has 8 rings (SSSR count). The fraction of sp³-hybridized carbons (Fsp3) is 0.302. The molecule has 3 N–H and O–H groups in total. The van der Waals surface area contributed by atoms with Crippen LogP contribution in [-0.2, 0) is 19.6 Å². The predicted molar refractivity (Wildman–Crippen MR) is 252 cm³/mol. The monoisotopic (exact) mass is 836 g/mol. The summed E-state index contributed by atoms with van der Waals surface area (Å²) in [7, 11) is 4.33. The van der Waals surface area contributed by atoms with E-state index in [0.717, 1.165) is 111 Å². The molecule has 0 atom stereocenters. The molecule has 0 aromatic heterocycles. The van der Waals surface area contributed by atoms with E-state index in [9.17, 15) is 4.79 Å². The normalized spacial score (nSPS) is 14.4. The Morgan fingerprint density at radius 3 is 1.39 bits per heavy atom. The molecule has 2 fully saturated rings. The van der Waals surface area contributed by atoms with Crippen LogP contribution in [0.5, 0.6) is 34.5 Å². The highest BCUT2D eigenvalue weighted by atomic mass is 16.5. The fourth-order valence-corrected chi connectivity index (χ4v) is 6.96. The third kappa shape index (κ3) is 16.5. The van der Waals surface area contributed by atoms with Gasteiger partial charge in [0.2, 0.25) is 0 Å². The van der Waals surface area contributed by atoms with Crippen LogP contribution in [-0.4, -0.2) is 68.6 Å². The van der Waals surface area contributed by atoms with E-state index in [1.54, 1.807) is 24.3 Å². The van der Waals surface area contributed by atoms with Crippen LogP contribution in [0.4, 0.5) is 0 Å². The van der Waals surface area contributed by atoms with Gasteiger partial charge in [0.05, 0.1) is 0 Å². The van der Waals surface area contributed by atoms with E-state index >= 15 is 0 Å². The van der Waals surface area contributed by atoms with Crippen LogP contribution in [0.15, 0.2) is 158 Å². The SMILES string of the molecule is C.CN1CCC(Oc2cccc(CN)c2)CC1.CN1CCC(Oc2cccc(CNCc3ccc(Oc4ccccc4)cc3)c2)CC1.O=Cc1ccc(Oc2ccccc2)cc1. The average molecular weight is 837 g/mol. The van der Waals surface area contributed by atoms with Crippen LogP contribution < -0.4 is 30.0 Å². The zero-order chi connectivity index (χ0) is 42.5. The molecule has 0 bridgehead atoms. The lowest BCUT2D eigenvalue weighted by Crippen LogP contribution is -2.35. The molecule has 9 heteroatoms. The van der Waals surface area contributed by atoms with Crippen molar-refractivity contribution in [3.63, 3.8) is 0 Å². The van der Waals surface area contributed by atoms with Crippen LogP contribution in [0.25, 0.3) is 0 Å². The number of nitrogens with zero attached hydrogens (tertiary/aromatic N) is 2. The van der Waals surface area contributed by atoms with E-state index in [4.69, 9.17) is 24.7 Å². The first kappa shape index (κ1) is 47.1. The van der Waals surface area contributed by atoms with Crippen molar-refractivity contribution in [3.05, 3.63) is 180 Å². The summed E-state index contributed by atoms with van der Waals surface area (Å²) in [5.74, 6) is 5.15. The molecular formula is C53H64N4O5. The number of hydrogen-bond donors (Lipinski definition) is 2. The number of nitrogens with one attached hydrogen (secondary N) is 1. The Hall–Kier alpha value is -5.97. The minimum absolute atomic E-state index is 0. The van der Waals surface area contributed by atoms with Gasteiger partial charge in [0, 0.05) is 51.4 Å². The number of nitrogens with two attached hydrogens (primary N) is 1. The van der Waals surface area contributed by atoms with Crippen molar-refractivity contribution in [2.45, 2.75) is 65.0 Å². The smallest absolute Gasteiger partial charge is 0.150 e. The van der Waals surface area contributed by atoms with Gasteiger partial charge >= 0.3 is 0 Å². The number of para-hydroxylation sites is 2. The number of likely N-dealkylation sites (tertiary alicyclic amines) is 2. The van der Waals surface area contributed by atoms with Gasteiger partial charge in [-0.3, -0.25) is 4.79 Å². The van der Waals surface area contributed by atoms with Gasteiger partial charge in [-0.15, -0.1) is 0 Å². The largest absolute Gasteiger partial charge is 0.490 e. The second-order valence-corrected chi connectivity index (χ2v) is 15.5. The van der Waals surface area contributed by atoms with Crippen LogP contribution in [0, 0.1) is 0 Å². The molecule has 0 saturated carbocycles. The highest BCUT2D eigenvalue weighted by Crippen LogP contribution is 2.24. The predicted octanol–water partition coefficient (Wildman–Crippen LogP) is 10.8.